The Morgan fingerprint density at radius 2 is 1.98 bits per heavy atom. The number of hydrogen-bond donors (Lipinski definition) is 2. The lowest BCUT2D eigenvalue weighted by atomic mass is 9.91. The van der Waals surface area contributed by atoms with Crippen LogP contribution in [0.1, 0.15) is 82.8 Å². The summed E-state index contributed by atoms with van der Waals surface area (Å²) in [6, 6.07) is 0.946. The van der Waals surface area contributed by atoms with E-state index in [9.17, 15) is 18.0 Å². The van der Waals surface area contributed by atoms with Gasteiger partial charge in [-0.05, 0) is 45.2 Å². The molecule has 276 valence electrons. The fraction of sp³-hybridized carbons (Fsp3) is 0.500. The molecule has 4 aliphatic rings. The van der Waals surface area contributed by atoms with Crippen LogP contribution in [0.2, 0.25) is 0 Å². The number of nitrogen functional groups attached to an aromatic ring is 2. The van der Waals surface area contributed by atoms with Crippen molar-refractivity contribution < 1.29 is 31.8 Å². The molecule has 2 fully saturated rings. The molecule has 1 aromatic carbocycles. The number of halogens is 4. The molecule has 7 rings (SSSR count). The molecule has 2 saturated heterocycles. The molecular weight excluding hydrogens is 682 g/mol. The molecule has 0 aliphatic carbocycles. The van der Waals surface area contributed by atoms with Gasteiger partial charge in [-0.15, -0.1) is 5.92 Å². The lowest BCUT2D eigenvalue weighted by Gasteiger charge is -2.33. The van der Waals surface area contributed by atoms with E-state index in [0.29, 0.717) is 48.9 Å². The van der Waals surface area contributed by atoms with Gasteiger partial charge in [-0.3, -0.25) is 14.4 Å². The molecule has 0 bridgehead atoms. The molecule has 0 unspecified atom stereocenters. The minimum atomic E-state index is -4.95. The van der Waals surface area contributed by atoms with Crippen LogP contribution in [0.25, 0.3) is 0 Å². The number of ether oxygens (including phenoxy) is 2. The maximum atomic E-state index is 15.7. The Kier molecular flexibility index (Phi) is 9.06. The van der Waals surface area contributed by atoms with Gasteiger partial charge in [0.05, 0.1) is 53.1 Å². The standard InChI is InChI=1S/C36H41F4N9O3/c1-5-8-21-13-23(41)29(37)27(28(21)36(38,39)40)26-14-24-22(18-51-26)32(44-34(43-24)52-19-35-9-6-11-48(35)16-20(2)15-35)47-10-7-12-49-25(17-47)30(42)31(45-49)33(50)46(3)4/h13,26H,2,6-7,9-12,14-19,41-42H2,1,3-4H3/t26-,35+/m0/s1. The smallest absolute Gasteiger partial charge is 0.418 e. The first kappa shape index (κ1) is 35.5. The van der Waals surface area contributed by atoms with Gasteiger partial charge in [-0.1, -0.05) is 18.1 Å². The number of benzene rings is 1. The number of hydrogen-bond acceptors (Lipinski definition) is 10. The predicted octanol–water partition coefficient (Wildman–Crippen LogP) is 4.47. The van der Waals surface area contributed by atoms with Gasteiger partial charge < -0.3 is 30.7 Å². The fourth-order valence-corrected chi connectivity index (χ4v) is 8.01. The number of alkyl halides is 3. The van der Waals surface area contributed by atoms with Crippen LogP contribution >= 0.6 is 0 Å². The van der Waals surface area contributed by atoms with E-state index in [1.54, 1.807) is 18.8 Å². The summed E-state index contributed by atoms with van der Waals surface area (Å²) < 4.78 is 73.7. The number of nitrogens with two attached hydrogens (primary N) is 2. The summed E-state index contributed by atoms with van der Waals surface area (Å²) in [7, 11) is 3.25. The molecule has 4 N–H and O–H groups in total. The molecule has 2 atom stereocenters. The first-order valence-electron chi connectivity index (χ1n) is 17.2. The van der Waals surface area contributed by atoms with E-state index in [-0.39, 0.29) is 48.4 Å². The molecule has 2 aromatic heterocycles. The molecule has 52 heavy (non-hydrogen) atoms. The summed E-state index contributed by atoms with van der Waals surface area (Å²) in [5.74, 6) is 3.81. The fourth-order valence-electron chi connectivity index (χ4n) is 8.01. The summed E-state index contributed by atoms with van der Waals surface area (Å²) in [5, 5.41) is 4.51. The summed E-state index contributed by atoms with van der Waals surface area (Å²) in [5.41, 5.74) is 12.4. The zero-order valence-corrected chi connectivity index (χ0v) is 29.4. The Balaban J connectivity index is 1.30. The zero-order valence-electron chi connectivity index (χ0n) is 29.4. The summed E-state index contributed by atoms with van der Waals surface area (Å²) >= 11 is 0. The molecule has 4 aliphatic heterocycles. The van der Waals surface area contributed by atoms with Crippen LogP contribution < -0.4 is 21.1 Å². The Morgan fingerprint density at radius 3 is 2.71 bits per heavy atom. The maximum Gasteiger partial charge on any atom is 0.418 e. The lowest BCUT2D eigenvalue weighted by Crippen LogP contribution is -2.43. The number of carbonyl (C=O) groups is 1. The molecule has 0 radical (unpaired) electrons. The molecule has 3 aromatic rings. The molecule has 1 amide bonds. The topological polar surface area (TPSA) is 141 Å². The highest BCUT2D eigenvalue weighted by atomic mass is 19.4. The average molecular weight is 724 g/mol. The Labute approximate surface area is 298 Å². The lowest BCUT2D eigenvalue weighted by molar-refractivity contribution is -0.140. The van der Waals surface area contributed by atoms with E-state index >= 15 is 4.39 Å². The van der Waals surface area contributed by atoms with Crippen LogP contribution in [-0.2, 0) is 37.0 Å². The molecule has 16 heteroatoms. The van der Waals surface area contributed by atoms with Crippen LogP contribution in [0.5, 0.6) is 6.01 Å². The molecular formula is C36H41F4N9O3. The van der Waals surface area contributed by atoms with Crippen molar-refractivity contribution >= 4 is 23.1 Å². The minimum Gasteiger partial charge on any atom is -0.461 e. The largest absolute Gasteiger partial charge is 0.461 e. The van der Waals surface area contributed by atoms with Crippen molar-refractivity contribution in [2.75, 3.05) is 56.7 Å². The average Bonchev–Trinajstić information content (AvgIpc) is 3.66. The van der Waals surface area contributed by atoms with Crippen molar-refractivity contribution in [2.45, 2.75) is 76.5 Å². The highest BCUT2D eigenvalue weighted by Gasteiger charge is 2.47. The van der Waals surface area contributed by atoms with Gasteiger partial charge in [-0.2, -0.15) is 28.2 Å². The third kappa shape index (κ3) is 6.19. The van der Waals surface area contributed by atoms with E-state index in [1.807, 2.05) is 4.90 Å². The monoisotopic (exact) mass is 723 g/mol. The minimum absolute atomic E-state index is 0.0453. The van der Waals surface area contributed by atoms with E-state index < -0.39 is 40.5 Å². The van der Waals surface area contributed by atoms with Crippen molar-refractivity contribution in [3.8, 4) is 17.9 Å². The number of aryl methyl sites for hydroxylation is 1. The van der Waals surface area contributed by atoms with E-state index in [4.69, 9.17) is 30.9 Å². The van der Waals surface area contributed by atoms with Gasteiger partial charge in [0.2, 0.25) is 0 Å². The van der Waals surface area contributed by atoms with Gasteiger partial charge in [0.25, 0.3) is 5.91 Å². The number of fused-ring (bicyclic) bond motifs is 3. The van der Waals surface area contributed by atoms with Crippen LogP contribution in [0, 0.1) is 17.7 Å². The third-order valence-electron chi connectivity index (χ3n) is 10.4. The van der Waals surface area contributed by atoms with Gasteiger partial charge in [0, 0.05) is 56.8 Å². The summed E-state index contributed by atoms with van der Waals surface area (Å²) in [6.07, 6.45) is -3.21. The van der Waals surface area contributed by atoms with Gasteiger partial charge in [0.1, 0.15) is 12.4 Å². The van der Waals surface area contributed by atoms with Crippen LogP contribution in [0.4, 0.5) is 34.8 Å². The van der Waals surface area contributed by atoms with Crippen molar-refractivity contribution in [1.82, 2.24) is 29.5 Å². The number of rotatable bonds is 6. The second-order valence-corrected chi connectivity index (χ2v) is 14.1. The highest BCUT2D eigenvalue weighted by Crippen LogP contribution is 2.45. The van der Waals surface area contributed by atoms with Crippen LogP contribution in [0.15, 0.2) is 18.2 Å². The summed E-state index contributed by atoms with van der Waals surface area (Å²) in [6.45, 7) is 8.61. The first-order valence-corrected chi connectivity index (χ1v) is 17.2. The third-order valence-corrected chi connectivity index (χ3v) is 10.4. The van der Waals surface area contributed by atoms with Gasteiger partial charge in [0.15, 0.2) is 11.5 Å². The molecule has 12 nitrogen and oxygen atoms in total. The maximum absolute atomic E-state index is 15.7. The van der Waals surface area contributed by atoms with Crippen LogP contribution in [-0.4, -0.2) is 81.3 Å². The van der Waals surface area contributed by atoms with Crippen LogP contribution in [0.3, 0.4) is 0 Å². The number of aromatic nitrogens is 4. The molecule has 0 spiro atoms. The van der Waals surface area contributed by atoms with Gasteiger partial charge >= 0.3 is 12.2 Å². The number of anilines is 3. The predicted molar refractivity (Wildman–Crippen MR) is 185 cm³/mol. The summed E-state index contributed by atoms with van der Waals surface area (Å²) in [4.78, 5) is 28.2. The SMILES string of the molecule is C=C1CN2CCC[C@]2(COc2nc3c(c(N4CCCn5nc(C(=O)N(C)C)c(N)c5C4)n2)CO[C@H](c2c(F)c(N)cc(C#CC)c2C(F)(F)F)C3)C1. The van der Waals surface area contributed by atoms with Crippen molar-refractivity contribution in [2.24, 2.45) is 0 Å². The first-order chi connectivity index (χ1) is 24.7. The second kappa shape index (κ2) is 13.3. The Bertz CT molecular complexity index is 2020. The Morgan fingerprint density at radius 1 is 1.19 bits per heavy atom. The highest BCUT2D eigenvalue weighted by molar-refractivity contribution is 5.97. The Hall–Kier alpha value is -4.88. The van der Waals surface area contributed by atoms with E-state index in [1.165, 1.54) is 11.8 Å². The van der Waals surface area contributed by atoms with Gasteiger partial charge in [-0.25, -0.2) is 4.39 Å². The number of nitrogens with zero attached hydrogens (tertiary/aromatic N) is 7. The van der Waals surface area contributed by atoms with E-state index in [2.05, 4.69) is 28.4 Å². The van der Waals surface area contributed by atoms with Crippen molar-refractivity contribution in [1.29, 1.82) is 0 Å². The van der Waals surface area contributed by atoms with E-state index in [0.717, 1.165) is 44.0 Å². The normalized spacial score (nSPS) is 21.6. The molecule has 0 saturated carbocycles. The quantitative estimate of drug-likeness (QED) is 0.162. The van der Waals surface area contributed by atoms with Crippen molar-refractivity contribution in [3.63, 3.8) is 0 Å². The second-order valence-electron chi connectivity index (χ2n) is 14.1. The number of carbonyl (C=O) groups excluding carboxylic acids is 1. The zero-order chi connectivity index (χ0) is 37.1. The molecule has 6 heterocycles. The van der Waals surface area contributed by atoms with Crippen molar-refractivity contribution in [3.05, 3.63) is 63.4 Å². The number of amides is 1.